The predicted molar refractivity (Wildman–Crippen MR) is 157 cm³/mol. The molecular weight excluding hydrogens is 500 g/mol. The van der Waals surface area contributed by atoms with E-state index >= 15 is 0 Å². The van der Waals surface area contributed by atoms with E-state index in [1.807, 2.05) is 105 Å². The maximum absolute atomic E-state index is 13.5. The summed E-state index contributed by atoms with van der Waals surface area (Å²) < 4.78 is 11.1. The van der Waals surface area contributed by atoms with Crippen LogP contribution in [0.15, 0.2) is 91.0 Å². The number of rotatable bonds is 5. The van der Waals surface area contributed by atoms with Crippen LogP contribution in [0.3, 0.4) is 0 Å². The number of hydrogen-bond acceptors (Lipinski definition) is 6. The third-order valence-corrected chi connectivity index (χ3v) is 7.39. The van der Waals surface area contributed by atoms with Gasteiger partial charge in [-0.25, -0.2) is 9.59 Å². The molecule has 200 valence electrons. The molecule has 1 aromatic rings. The molecule has 0 amide bonds. The maximum Gasteiger partial charge on any atom is 0.340 e. The highest BCUT2D eigenvalue weighted by Crippen LogP contribution is 2.50. The van der Waals surface area contributed by atoms with E-state index in [9.17, 15) is 9.59 Å². The second-order valence-electron chi connectivity index (χ2n) is 9.68. The molecule has 0 atom stereocenters. The van der Waals surface area contributed by atoms with E-state index in [1.165, 1.54) is 0 Å². The number of anilines is 2. The highest BCUT2D eigenvalue weighted by Gasteiger charge is 2.36. The van der Waals surface area contributed by atoms with Crippen LogP contribution in [0.5, 0.6) is 0 Å². The SMILES string of the molecule is CCOC(=O)c1c2cccccc-2c2c1NC(c1ccccc1)Nc1c(c3cccccc-3c1C(=O)OCC)C2. The van der Waals surface area contributed by atoms with Crippen molar-refractivity contribution in [3.8, 4) is 22.3 Å². The lowest BCUT2D eigenvalue weighted by atomic mass is 9.97. The smallest absolute Gasteiger partial charge is 0.340 e. The van der Waals surface area contributed by atoms with Crippen LogP contribution < -0.4 is 10.6 Å². The Morgan fingerprint density at radius 2 is 1.02 bits per heavy atom. The first-order valence-electron chi connectivity index (χ1n) is 13.6. The van der Waals surface area contributed by atoms with Crippen molar-refractivity contribution in [2.45, 2.75) is 26.4 Å². The fourth-order valence-electron chi connectivity index (χ4n) is 5.73. The van der Waals surface area contributed by atoms with E-state index in [0.717, 1.165) is 50.3 Å². The average Bonchev–Trinajstić information content (AvgIpc) is 3.15. The van der Waals surface area contributed by atoms with Gasteiger partial charge in [0, 0.05) is 6.42 Å². The van der Waals surface area contributed by atoms with E-state index in [4.69, 9.17) is 9.47 Å². The first-order valence-corrected chi connectivity index (χ1v) is 13.6. The number of nitrogens with one attached hydrogen (secondary N) is 2. The number of benzene rings is 1. The van der Waals surface area contributed by atoms with Crippen LogP contribution in [0, 0.1) is 0 Å². The van der Waals surface area contributed by atoms with Gasteiger partial charge in [0.05, 0.1) is 35.7 Å². The number of fused-ring (bicyclic) bond motifs is 6. The lowest BCUT2D eigenvalue weighted by molar-refractivity contribution is 0.0519. The second kappa shape index (κ2) is 10.7. The van der Waals surface area contributed by atoms with Crippen molar-refractivity contribution in [1.29, 1.82) is 0 Å². The molecule has 0 unspecified atom stereocenters. The molecule has 4 aliphatic carbocycles. The zero-order valence-corrected chi connectivity index (χ0v) is 22.5. The topological polar surface area (TPSA) is 76.7 Å². The second-order valence-corrected chi connectivity index (χ2v) is 9.68. The van der Waals surface area contributed by atoms with Crippen LogP contribution >= 0.6 is 0 Å². The Morgan fingerprint density at radius 1 is 0.625 bits per heavy atom. The van der Waals surface area contributed by atoms with Crippen LogP contribution in [-0.4, -0.2) is 25.2 Å². The fraction of sp³-hybridized carbons (Fsp3) is 0.176. The van der Waals surface area contributed by atoms with Crippen LogP contribution in [0.25, 0.3) is 22.3 Å². The summed E-state index contributed by atoms with van der Waals surface area (Å²) in [5, 5.41) is 7.30. The number of hydrogen-bond donors (Lipinski definition) is 2. The van der Waals surface area contributed by atoms with Gasteiger partial charge in [0.25, 0.3) is 0 Å². The van der Waals surface area contributed by atoms with E-state index in [-0.39, 0.29) is 25.2 Å². The number of carbonyl (C=O) groups excluding carboxylic acids is 2. The number of esters is 2. The van der Waals surface area contributed by atoms with E-state index in [2.05, 4.69) is 10.6 Å². The molecule has 0 saturated heterocycles. The molecule has 1 aliphatic heterocycles. The van der Waals surface area contributed by atoms with Crippen molar-refractivity contribution in [2.75, 3.05) is 23.8 Å². The summed E-state index contributed by atoms with van der Waals surface area (Å²) in [5.41, 5.74) is 8.98. The zero-order chi connectivity index (χ0) is 27.6. The monoisotopic (exact) mass is 530 g/mol. The fourth-order valence-corrected chi connectivity index (χ4v) is 5.73. The summed E-state index contributed by atoms with van der Waals surface area (Å²) in [6, 6.07) is 29.7. The predicted octanol–water partition coefficient (Wildman–Crippen LogP) is 7.38. The molecule has 40 heavy (non-hydrogen) atoms. The molecule has 0 fully saturated rings. The van der Waals surface area contributed by atoms with Gasteiger partial charge in [0.15, 0.2) is 0 Å². The summed E-state index contributed by atoms with van der Waals surface area (Å²) in [5.74, 6) is -0.739. The van der Waals surface area contributed by atoms with Crippen LogP contribution in [0.2, 0.25) is 0 Å². The molecule has 6 nitrogen and oxygen atoms in total. The van der Waals surface area contributed by atoms with Crippen molar-refractivity contribution in [3.05, 3.63) is 119 Å². The first kappa shape index (κ1) is 25.4. The van der Waals surface area contributed by atoms with E-state index in [1.54, 1.807) is 0 Å². The van der Waals surface area contributed by atoms with Crippen molar-refractivity contribution in [3.63, 3.8) is 0 Å². The lowest BCUT2D eigenvalue weighted by Crippen LogP contribution is -2.24. The van der Waals surface area contributed by atoms with Gasteiger partial charge in [0.2, 0.25) is 0 Å². The number of carbonyl (C=O) groups is 2. The third kappa shape index (κ3) is 4.31. The average molecular weight is 531 g/mol. The molecule has 6 heteroatoms. The quantitative estimate of drug-likeness (QED) is 0.231. The Morgan fingerprint density at radius 3 is 1.45 bits per heavy atom. The minimum atomic E-state index is -0.448. The van der Waals surface area contributed by atoms with Crippen molar-refractivity contribution < 1.29 is 19.1 Å². The normalized spacial score (nSPS) is 12.8. The summed E-state index contributed by atoms with van der Waals surface area (Å²) in [6.45, 7) is 4.18. The molecule has 0 saturated carbocycles. The highest BCUT2D eigenvalue weighted by molar-refractivity contribution is 6.10. The summed E-state index contributed by atoms with van der Waals surface area (Å²) >= 11 is 0. The highest BCUT2D eigenvalue weighted by atomic mass is 16.5. The zero-order valence-electron chi connectivity index (χ0n) is 22.5. The van der Waals surface area contributed by atoms with Gasteiger partial charge in [-0.05, 0) is 52.8 Å². The Hall–Kier alpha value is -4.84. The Bertz CT molecular complexity index is 1540. The van der Waals surface area contributed by atoms with Crippen LogP contribution in [0.4, 0.5) is 11.4 Å². The molecule has 0 bridgehead atoms. The molecule has 0 radical (unpaired) electrons. The van der Waals surface area contributed by atoms with Gasteiger partial charge in [-0.1, -0.05) is 91.0 Å². The van der Waals surface area contributed by atoms with E-state index < -0.39 is 6.17 Å². The van der Waals surface area contributed by atoms with Crippen molar-refractivity contribution in [1.82, 2.24) is 0 Å². The molecule has 1 aromatic carbocycles. The van der Waals surface area contributed by atoms with Gasteiger partial charge >= 0.3 is 11.9 Å². The minimum absolute atomic E-state index is 0.274. The van der Waals surface area contributed by atoms with Gasteiger partial charge in [-0.15, -0.1) is 0 Å². The summed E-state index contributed by atoms with van der Waals surface area (Å²) in [4.78, 5) is 26.9. The van der Waals surface area contributed by atoms with Crippen molar-refractivity contribution in [2.24, 2.45) is 0 Å². The lowest BCUT2D eigenvalue weighted by Gasteiger charge is -2.27. The Labute approximate surface area is 233 Å². The maximum atomic E-state index is 13.5. The minimum Gasteiger partial charge on any atom is -0.462 e. The molecule has 1 heterocycles. The van der Waals surface area contributed by atoms with Gasteiger partial charge < -0.3 is 20.1 Å². The molecular formula is C34H30N2O4. The standard InChI is InChI=1S/C34H30N2O4/c1-3-39-33(37)28-24-18-12-6-10-16-22(24)26-20-27-23-17-11-7-13-19-25(23)29(34(38)40-4-2)31(27)36-32(35-30(26)28)21-14-8-5-9-15-21/h5-19,32,35-36H,3-4,20H2,1-2H3. The van der Waals surface area contributed by atoms with Gasteiger partial charge in [0.1, 0.15) is 6.17 Å². The number of ether oxygens (including phenoxy) is 2. The first-order chi connectivity index (χ1) is 19.6. The molecule has 6 rings (SSSR count). The third-order valence-electron chi connectivity index (χ3n) is 7.39. The van der Waals surface area contributed by atoms with Gasteiger partial charge in [-0.2, -0.15) is 0 Å². The summed E-state index contributed by atoms with van der Waals surface area (Å²) in [6.07, 6.45) is 0.0444. The molecule has 0 spiro atoms. The van der Waals surface area contributed by atoms with Crippen LogP contribution in [-0.2, 0) is 15.9 Å². The van der Waals surface area contributed by atoms with E-state index in [0.29, 0.717) is 17.5 Å². The molecule has 2 N–H and O–H groups in total. The van der Waals surface area contributed by atoms with Gasteiger partial charge in [-0.3, -0.25) is 0 Å². The molecule has 5 aliphatic rings. The molecule has 0 aromatic heterocycles. The van der Waals surface area contributed by atoms with Crippen LogP contribution in [0.1, 0.15) is 57.4 Å². The Kier molecular flexibility index (Phi) is 6.83. The largest absolute Gasteiger partial charge is 0.462 e. The Balaban J connectivity index is 1.68. The van der Waals surface area contributed by atoms with Crippen molar-refractivity contribution >= 4 is 23.3 Å². The summed E-state index contributed by atoms with van der Waals surface area (Å²) in [7, 11) is 0.